The largest absolute Gasteiger partial charge is 1.00 e. The van der Waals surface area contributed by atoms with Gasteiger partial charge in [-0.1, -0.05) is 357 Å². The first-order valence-corrected chi connectivity index (χ1v) is 40.4. The second-order valence-corrected chi connectivity index (χ2v) is 32.0. The summed E-state index contributed by atoms with van der Waals surface area (Å²) in [5.41, 5.74) is 19.7. The van der Waals surface area contributed by atoms with Gasteiger partial charge in [-0.15, -0.1) is 28.8 Å². The van der Waals surface area contributed by atoms with Crippen LogP contribution in [0.25, 0.3) is 33.4 Å². The Morgan fingerprint density at radius 3 is 1.06 bits per heavy atom. The summed E-state index contributed by atoms with van der Waals surface area (Å²) in [5.74, 6) is 0. The number of fused-ring (bicyclic) bond motifs is 3. The molecule has 0 unspecified atom stereocenters. The molecule has 0 saturated carbocycles. The van der Waals surface area contributed by atoms with E-state index in [4.69, 9.17) is 23.2 Å². The van der Waals surface area contributed by atoms with Crippen molar-refractivity contribution in [2.75, 3.05) is 0 Å². The van der Waals surface area contributed by atoms with Gasteiger partial charge >= 0.3 is 120 Å². The normalized spacial score (nSPS) is 11.6. The zero-order valence-corrected chi connectivity index (χ0v) is 66.9. The molecule has 0 N–H and O–H groups in total. The van der Waals surface area contributed by atoms with Crippen molar-refractivity contribution < 1.29 is 49.0 Å². The molecular weight excluding hydrogens is 1330 g/mol. The van der Waals surface area contributed by atoms with Gasteiger partial charge in [-0.05, 0) is 70.8 Å². The van der Waals surface area contributed by atoms with E-state index in [0.717, 1.165) is 22.9 Å². The maximum Gasteiger partial charge on any atom is -0.172 e. The topological polar surface area (TPSA) is 0 Å². The zero-order chi connectivity index (χ0) is 67.1. The summed E-state index contributed by atoms with van der Waals surface area (Å²) in [4.78, 5) is 0. The molecule has 0 saturated heterocycles. The molecule has 5 heteroatoms. The molecule has 7 aromatic carbocycles. The fraction of sp³-hybridized carbons (Fsp3) is 0.538. The van der Waals surface area contributed by atoms with E-state index in [-0.39, 0.29) is 35.6 Å². The van der Waals surface area contributed by atoms with Gasteiger partial charge in [0.05, 0.1) is 0 Å². The Bertz CT molecular complexity index is 2920. The van der Waals surface area contributed by atoms with E-state index >= 15 is 0 Å². The number of rotatable bonds is 42. The number of unbranched alkanes of at least 4 members (excludes halogenated alkanes) is 34. The smallest absolute Gasteiger partial charge is 0.172 e. The molecule has 0 radical (unpaired) electrons. The van der Waals surface area contributed by atoms with Gasteiger partial charge in [-0.25, -0.2) is 12.1 Å². The predicted octanol–water partition coefficient (Wildman–Crippen LogP) is 23.7. The van der Waals surface area contributed by atoms with Crippen LogP contribution in [0.15, 0.2) is 146 Å². The Kier molecular flexibility index (Phi) is 43.6. The van der Waals surface area contributed by atoms with E-state index in [9.17, 15) is 0 Å². The fourth-order valence-electron chi connectivity index (χ4n) is 14.0. The summed E-state index contributed by atoms with van der Waals surface area (Å²) in [7, 11) is 0. The average molecular weight is 1450 g/mol. The maximum atomic E-state index is 5.86. The van der Waals surface area contributed by atoms with E-state index in [0.29, 0.717) is 0 Å². The quantitative estimate of drug-likeness (QED) is 0.0264. The molecule has 0 aliphatic heterocycles. The van der Waals surface area contributed by atoms with Crippen LogP contribution in [0.1, 0.15) is 331 Å². The van der Waals surface area contributed by atoms with Gasteiger partial charge in [0.25, 0.3) is 0 Å². The van der Waals surface area contributed by atoms with Crippen LogP contribution in [-0.4, -0.2) is 3.21 Å². The van der Waals surface area contributed by atoms with Crippen molar-refractivity contribution in [3.05, 3.63) is 206 Å². The van der Waals surface area contributed by atoms with Gasteiger partial charge in [0, 0.05) is 0 Å². The molecule has 96 heavy (non-hydrogen) atoms. The molecule has 0 bridgehead atoms. The molecule has 1 aliphatic carbocycles. The van der Waals surface area contributed by atoms with Gasteiger partial charge in [0.2, 0.25) is 0 Å². The van der Waals surface area contributed by atoms with Crippen molar-refractivity contribution in [3.63, 3.8) is 0 Å². The third-order valence-corrected chi connectivity index (χ3v) is 21.6. The fourth-order valence-corrected chi connectivity index (χ4v) is 15.1. The minimum absolute atomic E-state index is 0. The van der Waals surface area contributed by atoms with Crippen LogP contribution in [0.2, 0.25) is 10.0 Å². The summed E-state index contributed by atoms with van der Waals surface area (Å²) in [6, 6.07) is 56.5. The van der Waals surface area contributed by atoms with Crippen molar-refractivity contribution >= 4 is 26.4 Å². The van der Waals surface area contributed by atoms with Gasteiger partial charge < -0.3 is 24.8 Å². The van der Waals surface area contributed by atoms with Crippen LogP contribution >= 0.6 is 23.2 Å². The second-order valence-electron chi connectivity index (χ2n) is 29.9. The number of aryl methyl sites for hydroxylation is 2. The molecule has 8 rings (SSSR count). The Labute approximate surface area is 626 Å². The average Bonchev–Trinajstić information content (AvgIpc) is 1.54. The summed E-state index contributed by atoms with van der Waals surface area (Å²) >= 11 is 13.1. The SMILES string of the molecule is CCCCCCCCCCCCCCCCCCCCc1ccccc1-c1[c-]c2c(cc1C(C)(C)C)-c1cc(C(C)(C)C)c(-c3ccccc3CCCCCCCCCCCCCCCCCCCC)cc1C2.Clc1ccc([C](=[Zr+2])c2ccc(Cl)cc2)cc1.[Cl-].[Cl-].c1cc[cH-]c1. The van der Waals surface area contributed by atoms with Gasteiger partial charge in [-0.3, -0.25) is 0 Å². The Hall–Kier alpha value is -3.42. The van der Waals surface area contributed by atoms with Crippen LogP contribution in [0.5, 0.6) is 0 Å². The minimum atomic E-state index is 0. The summed E-state index contributed by atoms with van der Waals surface area (Å²) in [5, 5.41) is 1.53. The third kappa shape index (κ3) is 31.6. The Balaban J connectivity index is 0.000000716. The molecular formula is C91H126Cl4Zr-2. The first-order chi connectivity index (χ1) is 45.7. The summed E-state index contributed by atoms with van der Waals surface area (Å²) in [6.45, 7) is 19.1. The van der Waals surface area contributed by atoms with Crippen LogP contribution in [0.4, 0.5) is 0 Å². The Morgan fingerprint density at radius 2 is 0.708 bits per heavy atom. The van der Waals surface area contributed by atoms with Crippen molar-refractivity contribution in [3.8, 4) is 33.4 Å². The molecule has 524 valence electrons. The van der Waals surface area contributed by atoms with E-state index in [1.54, 1.807) is 0 Å². The third-order valence-electron chi connectivity index (χ3n) is 19.7. The monoisotopic (exact) mass is 1450 g/mol. The van der Waals surface area contributed by atoms with Gasteiger partial charge in [0.15, 0.2) is 0 Å². The van der Waals surface area contributed by atoms with Crippen LogP contribution in [0.3, 0.4) is 0 Å². The molecule has 0 heterocycles. The van der Waals surface area contributed by atoms with E-state index in [1.165, 1.54) is 343 Å². The predicted molar refractivity (Wildman–Crippen MR) is 415 cm³/mol. The van der Waals surface area contributed by atoms with Crippen molar-refractivity contribution in [1.29, 1.82) is 0 Å². The maximum absolute atomic E-state index is 5.86. The van der Waals surface area contributed by atoms with Gasteiger partial charge in [0.1, 0.15) is 0 Å². The first kappa shape index (κ1) is 85.0. The molecule has 1 aliphatic rings. The molecule has 0 fully saturated rings. The van der Waals surface area contributed by atoms with E-state index in [1.807, 2.05) is 78.9 Å². The minimum Gasteiger partial charge on any atom is -1.00 e. The molecule has 0 nitrogen and oxygen atoms in total. The van der Waals surface area contributed by atoms with Crippen molar-refractivity contribution in [2.45, 2.75) is 317 Å². The standard InChI is InChI=1S/C73H113.C13H8Cl2.C5H5.2ClH.Zr/c1-9-11-13-15-17-19-21-23-25-27-29-31-33-35-37-39-41-43-49-60-51-45-47-53-64(60)68-56-62-55-63-57-69(71(73(6,7)8)59-67(63)66(62)58-70(68)72(3,4)5)65-54-48-46-52-61(65)50-44-42-40-38-36-34-32-30-28-26-24-22-20-18-16-14-12-10-2;14-12-5-1-10(2-6-12)9-11-3-7-13(15)8-4-11;1-2-4-5-3-1;;;/h45-48,51-54,56,58-59H,9-44,49-50,55H2,1-8H3;1-8H;1-5H;2*1H;/q-1;;-1;;;+2/p-2. The van der Waals surface area contributed by atoms with E-state index < -0.39 is 0 Å². The van der Waals surface area contributed by atoms with Crippen LogP contribution in [-0.2, 0) is 54.3 Å². The number of hydrogen-bond donors (Lipinski definition) is 0. The van der Waals surface area contributed by atoms with Gasteiger partial charge in [-0.2, -0.15) is 18.2 Å². The molecule has 0 aromatic heterocycles. The number of hydrogen-bond acceptors (Lipinski definition) is 0. The van der Waals surface area contributed by atoms with Crippen molar-refractivity contribution in [2.24, 2.45) is 0 Å². The first-order valence-electron chi connectivity index (χ1n) is 38.4. The number of benzene rings is 6. The number of halogens is 4. The summed E-state index contributed by atoms with van der Waals surface area (Å²) in [6.07, 6.45) is 54.4. The second kappa shape index (κ2) is 49.2. The molecule has 7 aromatic rings. The zero-order valence-electron chi connectivity index (χ0n) is 61.4. The van der Waals surface area contributed by atoms with Crippen molar-refractivity contribution in [1.82, 2.24) is 0 Å². The van der Waals surface area contributed by atoms with E-state index in [2.05, 4.69) is 128 Å². The summed E-state index contributed by atoms with van der Waals surface area (Å²) < 4.78 is 1.31. The molecule has 0 atom stereocenters. The van der Waals surface area contributed by atoms with Crippen LogP contribution in [0, 0.1) is 6.07 Å². The molecule has 0 spiro atoms. The van der Waals surface area contributed by atoms with Crippen LogP contribution < -0.4 is 24.8 Å². The Morgan fingerprint density at radius 1 is 0.375 bits per heavy atom. The molecule has 0 amide bonds.